The van der Waals surface area contributed by atoms with Gasteiger partial charge in [0.2, 0.25) is 5.91 Å². The lowest BCUT2D eigenvalue weighted by Gasteiger charge is -2.16. The first-order valence-corrected chi connectivity index (χ1v) is 6.87. The zero-order valence-corrected chi connectivity index (χ0v) is 14.2. The van der Waals surface area contributed by atoms with E-state index in [1.165, 1.54) is 7.11 Å². The number of aliphatic hydroxyl groups is 3. The maximum Gasteiger partial charge on any atom is 0.222 e. The Bertz CT molecular complexity index is 226. The SMILES string of the molecule is C=C.C=O.CCC(C)NC(=O)C[C@@H](O)C[C@H](O)COC.CO. The van der Waals surface area contributed by atoms with Crippen LogP contribution in [0.15, 0.2) is 13.2 Å². The fourth-order valence-electron chi connectivity index (χ4n) is 1.31. The molecule has 0 saturated carbocycles. The van der Waals surface area contributed by atoms with Gasteiger partial charge in [-0.3, -0.25) is 4.79 Å². The molecule has 0 spiro atoms. The highest BCUT2D eigenvalue weighted by Crippen LogP contribution is 2.03. The molecule has 1 amide bonds. The Balaban J connectivity index is -0.000000238. The van der Waals surface area contributed by atoms with Crippen LogP contribution in [0, 0.1) is 0 Å². The number of aliphatic hydroxyl groups excluding tert-OH is 3. The van der Waals surface area contributed by atoms with Crippen LogP contribution in [0.4, 0.5) is 0 Å². The summed E-state index contributed by atoms with van der Waals surface area (Å²) in [7, 11) is 2.48. The minimum absolute atomic E-state index is 0.0190. The minimum Gasteiger partial charge on any atom is -0.400 e. The summed E-state index contributed by atoms with van der Waals surface area (Å²) in [5.41, 5.74) is 0. The normalized spacial score (nSPS) is 12.7. The molecule has 0 rings (SSSR count). The van der Waals surface area contributed by atoms with Crippen molar-refractivity contribution in [2.75, 3.05) is 20.8 Å². The molecule has 0 aliphatic rings. The number of rotatable bonds is 8. The predicted molar refractivity (Wildman–Crippen MR) is 87.5 cm³/mol. The molecule has 0 saturated heterocycles. The van der Waals surface area contributed by atoms with Crippen LogP contribution in [-0.2, 0) is 14.3 Å². The molecule has 7 heteroatoms. The Labute approximate surface area is 134 Å². The molecule has 0 aromatic carbocycles. The van der Waals surface area contributed by atoms with E-state index in [0.29, 0.717) is 0 Å². The first-order valence-electron chi connectivity index (χ1n) is 6.87. The third-order valence-corrected chi connectivity index (χ3v) is 2.34. The summed E-state index contributed by atoms with van der Waals surface area (Å²) >= 11 is 0. The summed E-state index contributed by atoms with van der Waals surface area (Å²) in [6, 6.07) is 0.114. The second kappa shape index (κ2) is 24.7. The molecule has 0 bridgehead atoms. The van der Waals surface area contributed by atoms with E-state index >= 15 is 0 Å². The fraction of sp³-hybridized carbons (Fsp3) is 0.733. The van der Waals surface area contributed by atoms with Crippen LogP contribution in [-0.4, -0.2) is 67.1 Å². The van der Waals surface area contributed by atoms with Crippen molar-refractivity contribution in [3.05, 3.63) is 13.2 Å². The van der Waals surface area contributed by atoms with Crippen LogP contribution in [0.1, 0.15) is 33.1 Å². The molecule has 3 atom stereocenters. The van der Waals surface area contributed by atoms with Gasteiger partial charge in [0.25, 0.3) is 0 Å². The van der Waals surface area contributed by atoms with Crippen LogP contribution in [0.25, 0.3) is 0 Å². The molecule has 0 aliphatic carbocycles. The van der Waals surface area contributed by atoms with Gasteiger partial charge < -0.3 is 30.2 Å². The summed E-state index contributed by atoms with van der Waals surface area (Å²) in [5, 5.41) is 28.6. The van der Waals surface area contributed by atoms with Gasteiger partial charge in [-0.1, -0.05) is 6.92 Å². The lowest BCUT2D eigenvalue weighted by molar-refractivity contribution is -0.124. The number of amides is 1. The van der Waals surface area contributed by atoms with Crippen molar-refractivity contribution in [1.82, 2.24) is 5.32 Å². The molecule has 0 aromatic heterocycles. The van der Waals surface area contributed by atoms with Crippen molar-refractivity contribution in [3.8, 4) is 0 Å². The summed E-state index contributed by atoms with van der Waals surface area (Å²) in [5.74, 6) is -0.188. The minimum atomic E-state index is -0.825. The van der Waals surface area contributed by atoms with Gasteiger partial charge in [-0.2, -0.15) is 0 Å². The predicted octanol–water partition coefficient (Wildman–Crippen LogP) is 0.275. The number of ether oxygens (including phenoxy) is 1. The van der Waals surface area contributed by atoms with Crippen LogP contribution in [0.2, 0.25) is 0 Å². The van der Waals surface area contributed by atoms with E-state index in [1.54, 1.807) is 0 Å². The Hall–Kier alpha value is -1.28. The summed E-state index contributed by atoms with van der Waals surface area (Å²) in [6.07, 6.45) is -0.522. The quantitative estimate of drug-likeness (QED) is 0.477. The number of carbonyl (C=O) groups excluding carboxylic acids is 2. The van der Waals surface area contributed by atoms with Gasteiger partial charge in [-0.05, 0) is 13.3 Å². The second-order valence-corrected chi connectivity index (χ2v) is 4.08. The Morgan fingerprint density at radius 1 is 1.18 bits per heavy atom. The van der Waals surface area contributed by atoms with Crippen LogP contribution < -0.4 is 5.32 Å². The maximum atomic E-state index is 11.4. The van der Waals surface area contributed by atoms with Crippen molar-refractivity contribution in [1.29, 1.82) is 0 Å². The van der Waals surface area contributed by atoms with Gasteiger partial charge in [0.05, 0.1) is 25.2 Å². The van der Waals surface area contributed by atoms with Gasteiger partial charge >= 0.3 is 0 Å². The molecule has 22 heavy (non-hydrogen) atoms. The van der Waals surface area contributed by atoms with Gasteiger partial charge in [-0.15, -0.1) is 13.2 Å². The van der Waals surface area contributed by atoms with E-state index in [2.05, 4.69) is 18.5 Å². The van der Waals surface area contributed by atoms with E-state index in [4.69, 9.17) is 14.6 Å². The topological polar surface area (TPSA) is 116 Å². The summed E-state index contributed by atoms with van der Waals surface area (Å²) in [6.45, 7) is 12.1. The first-order chi connectivity index (χ1) is 10.5. The average molecular weight is 323 g/mol. The fourth-order valence-corrected chi connectivity index (χ4v) is 1.31. The second-order valence-electron chi connectivity index (χ2n) is 4.08. The van der Waals surface area contributed by atoms with Gasteiger partial charge in [0, 0.05) is 26.7 Å². The average Bonchev–Trinajstić information content (AvgIpc) is 2.52. The molecule has 7 nitrogen and oxygen atoms in total. The van der Waals surface area contributed by atoms with Crippen LogP contribution >= 0.6 is 0 Å². The molecule has 0 heterocycles. The van der Waals surface area contributed by atoms with E-state index in [1.807, 2.05) is 20.6 Å². The molecule has 1 unspecified atom stereocenters. The van der Waals surface area contributed by atoms with Gasteiger partial charge in [0.1, 0.15) is 6.79 Å². The van der Waals surface area contributed by atoms with Crippen molar-refractivity contribution < 1.29 is 29.6 Å². The zero-order chi connectivity index (χ0) is 18.6. The molecular weight excluding hydrogens is 290 g/mol. The third-order valence-electron chi connectivity index (χ3n) is 2.34. The molecule has 0 aliphatic heterocycles. The molecule has 4 N–H and O–H groups in total. The number of carbonyl (C=O) groups is 2. The van der Waals surface area contributed by atoms with E-state index in [0.717, 1.165) is 13.5 Å². The number of hydrogen-bond acceptors (Lipinski definition) is 6. The van der Waals surface area contributed by atoms with Crippen LogP contribution in [0.5, 0.6) is 0 Å². The number of methoxy groups -OCH3 is 1. The first kappa shape index (κ1) is 28.8. The Morgan fingerprint density at radius 3 is 2.00 bits per heavy atom. The largest absolute Gasteiger partial charge is 0.400 e. The molecule has 134 valence electrons. The molecule has 0 aromatic rings. The standard InChI is InChI=1S/C11H23NO4.C2H4.CH4O.CH2O/c1-4-8(2)12-11(15)6-9(13)5-10(14)7-16-3;3*1-2/h8-10,13-14H,4-7H2,1-3H3,(H,12,15);1-2H2;2H,1H3;1H2/t8?,9-,10-;;;/m0.../s1. The number of nitrogens with one attached hydrogen (secondary N) is 1. The molecule has 0 radical (unpaired) electrons. The Kier molecular flexibility index (Phi) is 32.4. The lowest BCUT2D eigenvalue weighted by atomic mass is 10.1. The van der Waals surface area contributed by atoms with Crippen LogP contribution in [0.3, 0.4) is 0 Å². The lowest BCUT2D eigenvalue weighted by Crippen LogP contribution is -2.35. The maximum absolute atomic E-state index is 11.4. The molecular formula is C15H33NO6. The highest BCUT2D eigenvalue weighted by molar-refractivity contribution is 5.76. The monoisotopic (exact) mass is 323 g/mol. The van der Waals surface area contributed by atoms with Crippen molar-refractivity contribution in [2.24, 2.45) is 0 Å². The third kappa shape index (κ3) is 23.8. The van der Waals surface area contributed by atoms with Crippen molar-refractivity contribution >= 4 is 12.7 Å². The summed E-state index contributed by atoms with van der Waals surface area (Å²) < 4.78 is 4.73. The van der Waals surface area contributed by atoms with E-state index in [9.17, 15) is 15.0 Å². The van der Waals surface area contributed by atoms with E-state index in [-0.39, 0.29) is 31.4 Å². The smallest absolute Gasteiger partial charge is 0.222 e. The highest BCUT2D eigenvalue weighted by Gasteiger charge is 2.16. The van der Waals surface area contributed by atoms with Gasteiger partial charge in [-0.25, -0.2) is 0 Å². The number of hydrogen-bond donors (Lipinski definition) is 4. The van der Waals surface area contributed by atoms with Crippen molar-refractivity contribution in [2.45, 2.75) is 51.4 Å². The zero-order valence-electron chi connectivity index (χ0n) is 14.2. The Morgan fingerprint density at radius 2 is 1.64 bits per heavy atom. The van der Waals surface area contributed by atoms with Gasteiger partial charge in [0.15, 0.2) is 0 Å². The van der Waals surface area contributed by atoms with E-state index < -0.39 is 12.2 Å². The highest BCUT2D eigenvalue weighted by atomic mass is 16.5. The van der Waals surface area contributed by atoms with Crippen molar-refractivity contribution in [3.63, 3.8) is 0 Å². The molecule has 0 fully saturated rings. The summed E-state index contributed by atoms with van der Waals surface area (Å²) in [4.78, 5) is 19.4.